The van der Waals surface area contributed by atoms with E-state index in [2.05, 4.69) is 11.9 Å². The Kier molecular flexibility index (Phi) is 3.17. The molecule has 86 valence electrons. The molecule has 0 saturated carbocycles. The normalized spacial score (nSPS) is 17.5. The van der Waals surface area contributed by atoms with Crippen molar-refractivity contribution in [2.24, 2.45) is 5.92 Å². The third-order valence-electron chi connectivity index (χ3n) is 3.06. The zero-order chi connectivity index (χ0) is 11.5. The molecule has 4 heteroatoms. The number of nitrogens with zero attached hydrogens (tertiary/aromatic N) is 2. The number of hydrogen-bond acceptors (Lipinski definition) is 2. The predicted octanol–water partition coefficient (Wildman–Crippen LogP) is 2.09. The van der Waals surface area contributed by atoms with Gasteiger partial charge in [-0.2, -0.15) is 4.39 Å². The number of piperidine rings is 1. The number of amides is 1. The molecule has 1 aromatic rings. The summed E-state index contributed by atoms with van der Waals surface area (Å²) < 4.78 is 13.3. The van der Waals surface area contributed by atoms with E-state index in [0.717, 1.165) is 12.8 Å². The average molecular weight is 222 g/mol. The quantitative estimate of drug-likeness (QED) is 0.682. The first-order chi connectivity index (χ1) is 7.68. The van der Waals surface area contributed by atoms with E-state index >= 15 is 0 Å². The Morgan fingerprint density at radius 2 is 2.19 bits per heavy atom. The molecule has 1 fully saturated rings. The van der Waals surface area contributed by atoms with E-state index in [-0.39, 0.29) is 11.5 Å². The summed E-state index contributed by atoms with van der Waals surface area (Å²) in [6, 6.07) is 3.07. The number of hydrogen-bond donors (Lipinski definition) is 0. The molecular weight excluding hydrogens is 207 g/mol. The first-order valence-electron chi connectivity index (χ1n) is 5.58. The molecular formula is C12H15FN2O. The van der Waals surface area contributed by atoms with Crippen LogP contribution in [0.1, 0.15) is 30.1 Å². The molecule has 0 radical (unpaired) electrons. The fourth-order valence-electron chi connectivity index (χ4n) is 1.93. The molecule has 0 atom stereocenters. The maximum absolute atomic E-state index is 13.3. The molecule has 0 bridgehead atoms. The van der Waals surface area contributed by atoms with E-state index in [9.17, 15) is 9.18 Å². The average Bonchev–Trinajstić information content (AvgIpc) is 2.30. The highest BCUT2D eigenvalue weighted by molar-refractivity contribution is 5.94. The number of aromatic nitrogens is 1. The maximum atomic E-state index is 13.3. The van der Waals surface area contributed by atoms with Crippen molar-refractivity contribution in [1.82, 2.24) is 9.88 Å². The Morgan fingerprint density at radius 1 is 1.50 bits per heavy atom. The van der Waals surface area contributed by atoms with Gasteiger partial charge in [0.1, 0.15) is 0 Å². The van der Waals surface area contributed by atoms with Gasteiger partial charge >= 0.3 is 0 Å². The van der Waals surface area contributed by atoms with E-state index in [0.29, 0.717) is 19.0 Å². The minimum absolute atomic E-state index is 0.0806. The standard InChI is InChI=1S/C12H15FN2O/c1-9-4-7-15(8-5-9)12(16)10-3-2-6-14-11(10)13/h2-3,6,9H,4-5,7-8H2,1H3. The highest BCUT2D eigenvalue weighted by Crippen LogP contribution is 2.18. The van der Waals surface area contributed by atoms with Gasteiger partial charge < -0.3 is 4.90 Å². The van der Waals surface area contributed by atoms with Gasteiger partial charge in [0, 0.05) is 19.3 Å². The fraction of sp³-hybridized carbons (Fsp3) is 0.500. The molecule has 2 heterocycles. The van der Waals surface area contributed by atoms with Gasteiger partial charge in [-0.1, -0.05) is 6.92 Å². The summed E-state index contributed by atoms with van der Waals surface area (Å²) in [5.41, 5.74) is 0.0806. The van der Waals surface area contributed by atoms with Gasteiger partial charge in [0.2, 0.25) is 5.95 Å². The van der Waals surface area contributed by atoms with Gasteiger partial charge in [-0.3, -0.25) is 4.79 Å². The highest BCUT2D eigenvalue weighted by atomic mass is 19.1. The Bertz CT molecular complexity index is 386. The number of carbonyl (C=O) groups is 1. The Labute approximate surface area is 94.3 Å². The number of rotatable bonds is 1. The van der Waals surface area contributed by atoms with Crippen LogP contribution in [0.3, 0.4) is 0 Å². The molecule has 1 aliphatic rings. The zero-order valence-corrected chi connectivity index (χ0v) is 9.32. The van der Waals surface area contributed by atoms with E-state index in [1.165, 1.54) is 12.3 Å². The molecule has 1 aliphatic heterocycles. The van der Waals surface area contributed by atoms with Gasteiger partial charge in [0.05, 0.1) is 5.56 Å². The predicted molar refractivity (Wildman–Crippen MR) is 58.5 cm³/mol. The minimum atomic E-state index is -0.675. The maximum Gasteiger partial charge on any atom is 0.258 e. The van der Waals surface area contributed by atoms with E-state index in [1.54, 1.807) is 11.0 Å². The molecule has 0 unspecified atom stereocenters. The SMILES string of the molecule is CC1CCN(C(=O)c2cccnc2F)CC1. The molecule has 0 N–H and O–H groups in total. The molecule has 2 rings (SSSR count). The smallest absolute Gasteiger partial charge is 0.258 e. The molecule has 16 heavy (non-hydrogen) atoms. The molecule has 0 spiro atoms. The Hall–Kier alpha value is -1.45. The summed E-state index contributed by atoms with van der Waals surface area (Å²) in [4.78, 5) is 17.2. The first-order valence-corrected chi connectivity index (χ1v) is 5.58. The van der Waals surface area contributed by atoms with E-state index in [4.69, 9.17) is 0 Å². The van der Waals surface area contributed by atoms with Crippen LogP contribution in [0.5, 0.6) is 0 Å². The molecule has 0 aromatic carbocycles. The van der Waals surface area contributed by atoms with Gasteiger partial charge in [-0.25, -0.2) is 4.98 Å². The van der Waals surface area contributed by atoms with Crippen LogP contribution in [0, 0.1) is 11.9 Å². The van der Waals surface area contributed by atoms with Gasteiger partial charge in [-0.15, -0.1) is 0 Å². The summed E-state index contributed by atoms with van der Waals surface area (Å²) in [5.74, 6) is -0.258. The topological polar surface area (TPSA) is 33.2 Å². The lowest BCUT2D eigenvalue weighted by Crippen LogP contribution is -2.38. The van der Waals surface area contributed by atoms with Gasteiger partial charge in [0.25, 0.3) is 5.91 Å². The minimum Gasteiger partial charge on any atom is -0.338 e. The van der Waals surface area contributed by atoms with Crippen molar-refractivity contribution in [3.8, 4) is 0 Å². The first kappa shape index (κ1) is 11.0. The van der Waals surface area contributed by atoms with Crippen molar-refractivity contribution in [2.75, 3.05) is 13.1 Å². The Morgan fingerprint density at radius 3 is 2.81 bits per heavy atom. The summed E-state index contributed by atoms with van der Waals surface area (Å²) >= 11 is 0. The van der Waals surface area contributed by atoms with E-state index < -0.39 is 5.95 Å². The molecule has 1 aromatic heterocycles. The third-order valence-corrected chi connectivity index (χ3v) is 3.06. The largest absolute Gasteiger partial charge is 0.338 e. The molecule has 1 saturated heterocycles. The molecule has 1 amide bonds. The third kappa shape index (κ3) is 2.21. The van der Waals surface area contributed by atoms with Crippen molar-refractivity contribution >= 4 is 5.91 Å². The van der Waals surface area contributed by atoms with Crippen molar-refractivity contribution in [2.45, 2.75) is 19.8 Å². The fourth-order valence-corrected chi connectivity index (χ4v) is 1.93. The zero-order valence-electron chi connectivity index (χ0n) is 9.32. The Balaban J connectivity index is 2.11. The van der Waals surface area contributed by atoms with Gasteiger partial charge in [-0.05, 0) is 30.9 Å². The number of pyridine rings is 1. The van der Waals surface area contributed by atoms with Crippen LogP contribution in [0.4, 0.5) is 4.39 Å². The van der Waals surface area contributed by atoms with Crippen molar-refractivity contribution in [1.29, 1.82) is 0 Å². The van der Waals surface area contributed by atoms with Crippen LogP contribution in [-0.4, -0.2) is 28.9 Å². The summed E-state index contributed by atoms with van der Waals surface area (Å²) in [5, 5.41) is 0. The second-order valence-corrected chi connectivity index (χ2v) is 4.32. The van der Waals surface area contributed by atoms with Crippen LogP contribution >= 0.6 is 0 Å². The lowest BCUT2D eigenvalue weighted by atomic mass is 9.99. The monoisotopic (exact) mass is 222 g/mol. The molecule has 3 nitrogen and oxygen atoms in total. The second-order valence-electron chi connectivity index (χ2n) is 4.32. The lowest BCUT2D eigenvalue weighted by Gasteiger charge is -2.30. The van der Waals surface area contributed by atoms with Gasteiger partial charge in [0.15, 0.2) is 0 Å². The van der Waals surface area contributed by atoms with Crippen LogP contribution in [-0.2, 0) is 0 Å². The number of likely N-dealkylation sites (tertiary alicyclic amines) is 1. The lowest BCUT2D eigenvalue weighted by molar-refractivity contribution is 0.0691. The van der Waals surface area contributed by atoms with Crippen molar-refractivity contribution < 1.29 is 9.18 Å². The van der Waals surface area contributed by atoms with Crippen molar-refractivity contribution in [3.63, 3.8) is 0 Å². The summed E-state index contributed by atoms with van der Waals surface area (Å²) in [6.45, 7) is 3.61. The summed E-state index contributed by atoms with van der Waals surface area (Å²) in [6.07, 6.45) is 3.34. The van der Waals surface area contributed by atoms with Crippen LogP contribution in [0.25, 0.3) is 0 Å². The number of halogens is 1. The summed E-state index contributed by atoms with van der Waals surface area (Å²) in [7, 11) is 0. The molecule has 0 aliphatic carbocycles. The van der Waals surface area contributed by atoms with Crippen molar-refractivity contribution in [3.05, 3.63) is 29.8 Å². The second kappa shape index (κ2) is 4.60. The highest BCUT2D eigenvalue weighted by Gasteiger charge is 2.23. The number of carbonyl (C=O) groups excluding carboxylic acids is 1. The van der Waals surface area contributed by atoms with E-state index in [1.807, 2.05) is 0 Å². The van der Waals surface area contributed by atoms with Crippen LogP contribution in [0.2, 0.25) is 0 Å². The van der Waals surface area contributed by atoms with Crippen LogP contribution < -0.4 is 0 Å². The van der Waals surface area contributed by atoms with Crippen LogP contribution in [0.15, 0.2) is 18.3 Å².